The van der Waals surface area contributed by atoms with Gasteiger partial charge in [-0.25, -0.2) is 15.0 Å². The van der Waals surface area contributed by atoms with Crippen LogP contribution in [0.25, 0.3) is 72.8 Å². The summed E-state index contributed by atoms with van der Waals surface area (Å²) in [5, 5.41) is 2.17. The summed E-state index contributed by atoms with van der Waals surface area (Å²) in [6, 6.07) is 45.3. The van der Waals surface area contributed by atoms with Gasteiger partial charge in [-0.2, -0.15) is 13.2 Å². The Balaban J connectivity index is 1.40. The van der Waals surface area contributed by atoms with Gasteiger partial charge in [0.1, 0.15) is 0 Å². The highest BCUT2D eigenvalue weighted by Gasteiger charge is 2.30. The van der Waals surface area contributed by atoms with Crippen LogP contribution in [0.15, 0.2) is 146 Å². The Bertz CT molecular complexity index is 2370. The van der Waals surface area contributed by atoms with Gasteiger partial charge in [0, 0.05) is 33.0 Å². The van der Waals surface area contributed by atoms with Crippen molar-refractivity contribution in [1.29, 1.82) is 0 Å². The molecule has 2 aromatic heterocycles. The molecule has 8 aromatic rings. The van der Waals surface area contributed by atoms with Crippen molar-refractivity contribution in [3.05, 3.63) is 157 Å². The first-order valence-corrected chi connectivity index (χ1v) is 15.5. The number of nitrogens with zero attached hydrogens (tertiary/aromatic N) is 4. The van der Waals surface area contributed by atoms with E-state index in [9.17, 15) is 13.2 Å². The Morgan fingerprint density at radius 2 is 1.02 bits per heavy atom. The fourth-order valence-corrected chi connectivity index (χ4v) is 6.22. The third-order valence-electron chi connectivity index (χ3n) is 8.55. The summed E-state index contributed by atoms with van der Waals surface area (Å²) < 4.78 is 42.8. The molecule has 0 aliphatic rings. The van der Waals surface area contributed by atoms with Crippen LogP contribution in [0.2, 0.25) is 0 Å². The van der Waals surface area contributed by atoms with Crippen molar-refractivity contribution in [2.24, 2.45) is 0 Å². The fraction of sp³-hybridized carbons (Fsp3) is 0.0488. The van der Waals surface area contributed by atoms with Gasteiger partial charge in [-0.3, -0.25) is 0 Å². The first-order chi connectivity index (χ1) is 23.3. The van der Waals surface area contributed by atoms with Crippen LogP contribution in [0.4, 0.5) is 13.2 Å². The number of aromatic nitrogens is 4. The monoisotopic (exact) mass is 632 g/mol. The second kappa shape index (κ2) is 11.6. The number of hydrogen-bond donors (Lipinski definition) is 0. The summed E-state index contributed by atoms with van der Waals surface area (Å²) in [7, 11) is 0. The summed E-state index contributed by atoms with van der Waals surface area (Å²) in [5.41, 5.74) is 7.10. The van der Waals surface area contributed by atoms with E-state index in [1.54, 1.807) is 0 Å². The van der Waals surface area contributed by atoms with Gasteiger partial charge in [0.25, 0.3) is 0 Å². The van der Waals surface area contributed by atoms with Crippen molar-refractivity contribution in [3.63, 3.8) is 0 Å². The number of halogens is 3. The van der Waals surface area contributed by atoms with E-state index in [2.05, 4.69) is 41.8 Å². The maximum atomic E-state index is 13.5. The zero-order chi connectivity index (χ0) is 32.8. The summed E-state index contributed by atoms with van der Waals surface area (Å²) in [5.74, 6) is 1.57. The van der Waals surface area contributed by atoms with Gasteiger partial charge in [-0.05, 0) is 48.9 Å². The van der Waals surface area contributed by atoms with Crippen molar-refractivity contribution in [2.45, 2.75) is 13.1 Å². The van der Waals surface area contributed by atoms with Crippen molar-refractivity contribution < 1.29 is 13.2 Å². The molecular weight excluding hydrogens is 605 g/mol. The average molecular weight is 633 g/mol. The molecule has 0 atom stereocenters. The lowest BCUT2D eigenvalue weighted by Crippen LogP contribution is -2.04. The standard InChI is InChI=1S/C41H27F3N4/c1-26-16-23-36-34(24-26)33-14-8-9-15-35(33)48(36)37-25-30(19-22-32(37)27-17-20-31(21-18-27)41(42,43)44)40-46-38(28-10-4-2-5-11-28)45-39(47-40)29-12-6-3-7-13-29/h2-25H,1H3. The minimum atomic E-state index is -4.43. The van der Waals surface area contributed by atoms with Gasteiger partial charge in [-0.1, -0.05) is 115 Å². The number of alkyl halides is 3. The van der Waals surface area contributed by atoms with Crippen LogP contribution in [0.1, 0.15) is 11.1 Å². The average Bonchev–Trinajstić information content (AvgIpc) is 3.45. The van der Waals surface area contributed by atoms with E-state index in [4.69, 9.17) is 15.0 Å². The predicted molar refractivity (Wildman–Crippen MR) is 186 cm³/mol. The molecule has 0 N–H and O–H groups in total. The second-order valence-corrected chi connectivity index (χ2v) is 11.7. The van der Waals surface area contributed by atoms with Gasteiger partial charge < -0.3 is 4.57 Å². The highest BCUT2D eigenvalue weighted by Crippen LogP contribution is 2.39. The number of benzene rings is 6. The Kier molecular flexibility index (Phi) is 7.10. The van der Waals surface area contributed by atoms with Crippen LogP contribution in [0.5, 0.6) is 0 Å². The topological polar surface area (TPSA) is 43.6 Å². The summed E-state index contributed by atoms with van der Waals surface area (Å²) in [6.45, 7) is 2.06. The molecule has 48 heavy (non-hydrogen) atoms. The van der Waals surface area contributed by atoms with Crippen LogP contribution in [0.3, 0.4) is 0 Å². The molecule has 0 unspecified atom stereocenters. The maximum Gasteiger partial charge on any atom is 0.416 e. The minimum Gasteiger partial charge on any atom is -0.309 e. The lowest BCUT2D eigenvalue weighted by atomic mass is 9.99. The minimum absolute atomic E-state index is 0.486. The van der Waals surface area contributed by atoms with Crippen LogP contribution >= 0.6 is 0 Å². The third-order valence-corrected chi connectivity index (χ3v) is 8.55. The molecule has 0 aliphatic carbocycles. The molecule has 0 radical (unpaired) electrons. The van der Waals surface area contributed by atoms with Gasteiger partial charge >= 0.3 is 6.18 Å². The van der Waals surface area contributed by atoms with Crippen molar-refractivity contribution >= 4 is 21.8 Å². The molecule has 0 amide bonds. The first kappa shape index (κ1) is 29.3. The third kappa shape index (κ3) is 5.29. The lowest BCUT2D eigenvalue weighted by Gasteiger charge is -2.17. The van der Waals surface area contributed by atoms with E-state index in [1.807, 2.05) is 91.0 Å². The largest absolute Gasteiger partial charge is 0.416 e. The van der Waals surface area contributed by atoms with Crippen molar-refractivity contribution in [1.82, 2.24) is 19.5 Å². The quantitative estimate of drug-likeness (QED) is 0.190. The molecular formula is C41H27F3N4. The van der Waals surface area contributed by atoms with Gasteiger partial charge in [0.05, 0.1) is 22.3 Å². The van der Waals surface area contributed by atoms with E-state index in [-0.39, 0.29) is 0 Å². The lowest BCUT2D eigenvalue weighted by molar-refractivity contribution is -0.137. The smallest absolute Gasteiger partial charge is 0.309 e. The summed E-state index contributed by atoms with van der Waals surface area (Å²) >= 11 is 0. The summed E-state index contributed by atoms with van der Waals surface area (Å²) in [4.78, 5) is 14.7. The van der Waals surface area contributed by atoms with E-state index in [1.165, 1.54) is 12.1 Å². The predicted octanol–water partition coefficient (Wildman–Crippen LogP) is 11.0. The van der Waals surface area contributed by atoms with Gasteiger partial charge in [-0.15, -0.1) is 0 Å². The van der Waals surface area contributed by atoms with Crippen LogP contribution in [-0.4, -0.2) is 19.5 Å². The van der Waals surface area contributed by atoms with E-state index >= 15 is 0 Å². The highest BCUT2D eigenvalue weighted by atomic mass is 19.4. The highest BCUT2D eigenvalue weighted by molar-refractivity contribution is 6.10. The number of fused-ring (bicyclic) bond motifs is 3. The Morgan fingerprint density at radius 1 is 0.479 bits per heavy atom. The first-order valence-electron chi connectivity index (χ1n) is 15.5. The van der Waals surface area contributed by atoms with Crippen LogP contribution in [0, 0.1) is 6.92 Å². The fourth-order valence-electron chi connectivity index (χ4n) is 6.22. The van der Waals surface area contributed by atoms with Crippen LogP contribution < -0.4 is 0 Å². The van der Waals surface area contributed by atoms with E-state index in [0.717, 1.165) is 67.4 Å². The molecule has 232 valence electrons. The van der Waals surface area contributed by atoms with Crippen molar-refractivity contribution in [3.8, 4) is 51.0 Å². The van der Waals surface area contributed by atoms with Crippen LogP contribution in [-0.2, 0) is 6.18 Å². The van der Waals surface area contributed by atoms with E-state index in [0.29, 0.717) is 23.0 Å². The second-order valence-electron chi connectivity index (χ2n) is 11.7. The number of aryl methyl sites for hydroxylation is 1. The molecule has 0 fully saturated rings. The molecule has 0 aliphatic heterocycles. The zero-order valence-electron chi connectivity index (χ0n) is 25.8. The Labute approximate surface area is 274 Å². The molecule has 0 spiro atoms. The molecule has 0 bridgehead atoms. The molecule has 0 saturated heterocycles. The normalized spacial score (nSPS) is 11.8. The number of para-hydroxylation sites is 1. The molecule has 4 nitrogen and oxygen atoms in total. The number of rotatable bonds is 5. The van der Waals surface area contributed by atoms with E-state index < -0.39 is 11.7 Å². The van der Waals surface area contributed by atoms with Gasteiger partial charge in [0.15, 0.2) is 17.5 Å². The Morgan fingerprint density at radius 3 is 1.65 bits per heavy atom. The molecule has 2 heterocycles. The molecule has 6 aromatic carbocycles. The zero-order valence-corrected chi connectivity index (χ0v) is 25.8. The Hall–Kier alpha value is -6.08. The SMILES string of the molecule is Cc1ccc2c(c1)c1ccccc1n2-c1cc(-c2nc(-c3ccccc3)nc(-c3ccccc3)n2)ccc1-c1ccc(C(F)(F)F)cc1. The van der Waals surface area contributed by atoms with Crippen molar-refractivity contribution in [2.75, 3.05) is 0 Å². The molecule has 0 saturated carbocycles. The molecule has 7 heteroatoms. The summed E-state index contributed by atoms with van der Waals surface area (Å²) in [6.07, 6.45) is -4.43. The number of hydrogen-bond acceptors (Lipinski definition) is 3. The molecule has 8 rings (SSSR count). The maximum absolute atomic E-state index is 13.5. The van der Waals surface area contributed by atoms with Gasteiger partial charge in [0.2, 0.25) is 0 Å².